The quantitative estimate of drug-likeness (QED) is 0.546. The average Bonchev–Trinajstić information content (AvgIpc) is 3.29. The van der Waals surface area contributed by atoms with Crippen LogP contribution in [-0.2, 0) is 0 Å². The molecule has 0 bridgehead atoms. The first-order valence-corrected chi connectivity index (χ1v) is 15.3. The minimum absolute atomic E-state index is 0.869. The number of hydrogen-bond donors (Lipinski definition) is 1. The fourth-order valence-electron chi connectivity index (χ4n) is 7.12. The number of H-pyrrole nitrogens is 1. The molecule has 36 heavy (non-hydrogen) atoms. The van der Waals surface area contributed by atoms with Crippen molar-refractivity contribution in [3.8, 4) is 0 Å². The molecule has 0 amide bonds. The van der Waals surface area contributed by atoms with Crippen LogP contribution in [0.2, 0.25) is 17.5 Å². The van der Waals surface area contributed by atoms with Crippen LogP contribution in [0.1, 0.15) is 96.3 Å². The molecule has 3 aromatic rings. The van der Waals surface area contributed by atoms with Gasteiger partial charge in [0.05, 0.1) is 0 Å². The van der Waals surface area contributed by atoms with Gasteiger partial charge in [0.25, 0.3) is 0 Å². The predicted molar refractivity (Wildman–Crippen MR) is 167 cm³/mol. The molecule has 8 heteroatoms. The number of hydrogen-bond acceptors (Lipinski definition) is 1. The van der Waals surface area contributed by atoms with Crippen molar-refractivity contribution in [1.29, 1.82) is 0 Å². The van der Waals surface area contributed by atoms with Gasteiger partial charge in [-0.2, -0.15) is 0 Å². The molecule has 0 unspecified atom stereocenters. The van der Waals surface area contributed by atoms with Crippen LogP contribution >= 0.6 is 0 Å². The molecule has 2 aliphatic rings. The molecule has 1 aromatic carbocycles. The van der Waals surface area contributed by atoms with E-state index in [9.17, 15) is 0 Å². The second kappa shape index (κ2) is 14.0. The maximum atomic E-state index is 4.75. The standard InChI is InChI=1S/C28H42B6N2/c1-2-4-10-21(11-5-3-1)31-22-12-6-8-14-23(15-9-7-13-22)32-24-16-18-25(19-17-24)33-28-35-26-27(36-28)34-30-20-29-26/h16-23,31-33H,1-15H2,(H,35,36). The van der Waals surface area contributed by atoms with Crippen LogP contribution in [-0.4, -0.2) is 52.3 Å². The zero-order chi connectivity index (χ0) is 24.4. The van der Waals surface area contributed by atoms with Crippen molar-refractivity contribution in [2.75, 3.05) is 0 Å². The summed E-state index contributed by atoms with van der Waals surface area (Å²) in [5.74, 6) is 5.00. The third kappa shape index (κ3) is 8.09. The Kier molecular flexibility index (Phi) is 10.2. The zero-order valence-electron chi connectivity index (χ0n) is 22.5. The number of rotatable bonds is 6. The second-order valence-electron chi connectivity index (χ2n) is 12.1. The normalized spacial score (nSPS) is 22.6. The topological polar surface area (TPSA) is 28.7 Å². The Morgan fingerprint density at radius 3 is 1.89 bits per heavy atom. The van der Waals surface area contributed by atoms with Crippen LogP contribution in [0.5, 0.6) is 0 Å². The van der Waals surface area contributed by atoms with E-state index in [4.69, 9.17) is 4.98 Å². The van der Waals surface area contributed by atoms with E-state index in [-0.39, 0.29) is 0 Å². The molecule has 182 valence electrons. The molecular weight excluding hydrogens is 429 g/mol. The van der Waals surface area contributed by atoms with Gasteiger partial charge < -0.3 is 0 Å². The molecule has 0 atom stereocenters. The van der Waals surface area contributed by atoms with Gasteiger partial charge in [0, 0.05) is 0 Å². The molecule has 2 aliphatic carbocycles. The average molecular weight is 472 g/mol. The summed E-state index contributed by atoms with van der Waals surface area (Å²) < 4.78 is 0. The Morgan fingerprint density at radius 2 is 1.25 bits per heavy atom. The number of nitrogens with zero attached hydrogens (tertiary/aromatic N) is 1. The molecule has 2 nitrogen and oxygen atoms in total. The SMILES string of the molecule is b1bc2nc(Bc3ccc(BC4CCCCC(BC5CCCCCCC5)CCCC4)cc3)[nH]c2bc1. The third-order valence-corrected chi connectivity index (χ3v) is 9.20. The van der Waals surface area contributed by atoms with E-state index < -0.39 is 0 Å². The van der Waals surface area contributed by atoms with Gasteiger partial charge in [0.1, 0.15) is 7.28 Å². The minimum atomic E-state index is 0.869. The molecule has 2 aromatic heterocycles. The molecular formula is C28H42B6N2. The number of fused-ring (bicyclic) bond motifs is 1. The maximum absolute atomic E-state index is 4.75. The number of aromatic amines is 1. The summed E-state index contributed by atoms with van der Waals surface area (Å²) in [6.45, 7) is 6.24. The van der Waals surface area contributed by atoms with Crippen LogP contribution in [0, 0.1) is 0 Å². The van der Waals surface area contributed by atoms with Gasteiger partial charge in [-0.25, -0.2) is 0 Å². The molecule has 0 aliphatic heterocycles. The summed E-state index contributed by atoms with van der Waals surface area (Å²) in [6, 6.07) is 9.40. The molecule has 2 heterocycles. The summed E-state index contributed by atoms with van der Waals surface area (Å²) in [4.78, 5) is 8.22. The molecule has 2 fully saturated rings. The molecule has 2 saturated carbocycles. The van der Waals surface area contributed by atoms with Gasteiger partial charge in [-0.05, 0) is 0 Å². The van der Waals surface area contributed by atoms with Crippen LogP contribution < -0.4 is 16.6 Å². The Morgan fingerprint density at radius 1 is 0.694 bits per heavy atom. The number of nitrogens with one attached hydrogen (secondary N) is 1. The van der Waals surface area contributed by atoms with Crippen LogP contribution in [0.25, 0.3) is 10.8 Å². The van der Waals surface area contributed by atoms with Crippen molar-refractivity contribution < 1.29 is 0 Å². The van der Waals surface area contributed by atoms with Crippen LogP contribution in [0.15, 0.2) is 30.1 Å². The number of imidazole rings is 1. The van der Waals surface area contributed by atoms with Crippen molar-refractivity contribution in [3.05, 3.63) is 30.1 Å². The van der Waals surface area contributed by atoms with Gasteiger partial charge in [-0.15, -0.1) is 0 Å². The van der Waals surface area contributed by atoms with E-state index in [1.54, 1.807) is 7.28 Å². The van der Waals surface area contributed by atoms with E-state index in [0.29, 0.717) is 0 Å². The van der Waals surface area contributed by atoms with Gasteiger partial charge >= 0.3 is 134 Å². The van der Waals surface area contributed by atoms with Gasteiger partial charge in [0.15, 0.2) is 0 Å². The first-order valence-electron chi connectivity index (χ1n) is 15.3. The summed E-state index contributed by atoms with van der Waals surface area (Å²) >= 11 is 0. The Labute approximate surface area is 223 Å². The van der Waals surface area contributed by atoms with Crippen LogP contribution in [0.4, 0.5) is 0 Å². The first kappa shape index (κ1) is 26.3. The first-order chi connectivity index (χ1) is 17.8. The van der Waals surface area contributed by atoms with E-state index in [1.807, 2.05) is 0 Å². The fraction of sp³-hybridized carbons (Fsp3) is 0.643. The number of benzene rings is 1. The molecule has 0 spiro atoms. The summed E-state index contributed by atoms with van der Waals surface area (Å²) in [5.41, 5.74) is 6.12. The van der Waals surface area contributed by atoms with Gasteiger partial charge in [-0.3, -0.25) is 0 Å². The van der Waals surface area contributed by atoms with Crippen molar-refractivity contribution in [3.63, 3.8) is 0 Å². The zero-order valence-corrected chi connectivity index (χ0v) is 22.5. The fourth-order valence-corrected chi connectivity index (χ4v) is 7.12. The molecule has 1 N–H and O–H groups in total. The van der Waals surface area contributed by atoms with Crippen molar-refractivity contribution in [1.82, 2.24) is 9.97 Å². The van der Waals surface area contributed by atoms with Crippen LogP contribution in [0.3, 0.4) is 0 Å². The van der Waals surface area contributed by atoms with Crippen molar-refractivity contribution in [2.45, 2.75) is 114 Å². The Bertz CT molecular complexity index is 1000. The van der Waals surface area contributed by atoms with Crippen molar-refractivity contribution in [2.24, 2.45) is 0 Å². The predicted octanol–water partition coefficient (Wildman–Crippen LogP) is 3.71. The summed E-state index contributed by atoms with van der Waals surface area (Å²) in [6.07, 6.45) is 22.2. The van der Waals surface area contributed by atoms with E-state index in [2.05, 4.69) is 55.6 Å². The molecule has 0 radical (unpaired) electrons. The third-order valence-electron chi connectivity index (χ3n) is 9.20. The number of aromatic nitrogens is 2. The van der Waals surface area contributed by atoms with Crippen molar-refractivity contribution >= 4 is 69.8 Å². The monoisotopic (exact) mass is 472 g/mol. The second-order valence-corrected chi connectivity index (χ2v) is 12.1. The molecule has 5 rings (SSSR count). The Hall–Kier alpha value is -1.31. The molecule has 0 saturated heterocycles. The van der Waals surface area contributed by atoms with E-state index in [0.717, 1.165) is 41.3 Å². The van der Waals surface area contributed by atoms with E-state index in [1.165, 1.54) is 115 Å². The summed E-state index contributed by atoms with van der Waals surface area (Å²) in [7, 11) is 3.68. The van der Waals surface area contributed by atoms with Gasteiger partial charge in [0.2, 0.25) is 0 Å². The van der Waals surface area contributed by atoms with E-state index >= 15 is 0 Å². The van der Waals surface area contributed by atoms with Gasteiger partial charge in [-0.1, -0.05) is 82.3 Å². The summed E-state index contributed by atoms with van der Waals surface area (Å²) in [5, 5.41) is 0. The Balaban J connectivity index is 1.07.